The summed E-state index contributed by atoms with van der Waals surface area (Å²) in [6.45, 7) is 10.3. The largest absolute Gasteiger partial charge is 0.378 e. The van der Waals surface area contributed by atoms with Gasteiger partial charge in [0.25, 0.3) is 0 Å². The van der Waals surface area contributed by atoms with E-state index in [1.807, 2.05) is 42.5 Å². The molecule has 1 fully saturated rings. The number of imidazole rings is 1. The van der Waals surface area contributed by atoms with Crippen LogP contribution in [0.2, 0.25) is 0 Å². The van der Waals surface area contributed by atoms with Crippen LogP contribution in [-0.4, -0.2) is 22.3 Å². The molecule has 3 atom stereocenters. The molecule has 0 aliphatic heterocycles. The molecule has 4 nitrogen and oxygen atoms in total. The SMILES string of the molecule is CCC1C(C)CC(OCCCc2cccc3c2[nH]c(=O)n3-c2ccccc2)CC1(C)C. The average Bonchev–Trinajstić information content (AvgIpc) is 3.07. The van der Waals surface area contributed by atoms with E-state index in [1.165, 1.54) is 18.4 Å². The Morgan fingerprint density at radius 3 is 2.61 bits per heavy atom. The number of hydrogen-bond donors (Lipinski definition) is 1. The van der Waals surface area contributed by atoms with Gasteiger partial charge in [-0.3, -0.25) is 4.57 Å². The van der Waals surface area contributed by atoms with Gasteiger partial charge in [-0.1, -0.05) is 64.4 Å². The van der Waals surface area contributed by atoms with Gasteiger partial charge in [0.2, 0.25) is 0 Å². The molecule has 0 saturated heterocycles. The quantitative estimate of drug-likeness (QED) is 0.468. The maximum absolute atomic E-state index is 12.7. The number of ether oxygens (including phenoxy) is 1. The maximum atomic E-state index is 12.7. The van der Waals surface area contributed by atoms with Crippen LogP contribution in [0.1, 0.15) is 58.9 Å². The van der Waals surface area contributed by atoms with Crippen LogP contribution in [0.5, 0.6) is 0 Å². The van der Waals surface area contributed by atoms with E-state index in [4.69, 9.17) is 4.74 Å². The molecular weight excluding hydrogens is 384 g/mol. The first-order valence-electron chi connectivity index (χ1n) is 11.8. The number of hydrogen-bond acceptors (Lipinski definition) is 2. The minimum absolute atomic E-state index is 0.0891. The first-order chi connectivity index (χ1) is 14.9. The number of nitrogens with one attached hydrogen (secondary N) is 1. The predicted octanol–water partition coefficient (Wildman–Crippen LogP) is 6.12. The van der Waals surface area contributed by atoms with Crippen LogP contribution in [0, 0.1) is 17.3 Å². The zero-order chi connectivity index (χ0) is 22.0. The second-order valence-corrected chi connectivity index (χ2v) is 9.93. The molecule has 1 heterocycles. The first kappa shape index (κ1) is 21.9. The third kappa shape index (κ3) is 4.50. The standard InChI is InChI=1S/C27H36N2O2/c1-5-23-19(2)17-22(18-27(23,3)4)31-16-10-12-20-11-9-15-24-25(20)28-26(30)29(24)21-13-7-6-8-14-21/h6-9,11,13-15,19,22-23H,5,10,12,16-18H2,1-4H3,(H,28,30). The Bertz CT molecular complexity index is 1060. The van der Waals surface area contributed by atoms with Gasteiger partial charge in [0, 0.05) is 6.61 Å². The molecule has 1 saturated carbocycles. The van der Waals surface area contributed by atoms with Crippen LogP contribution in [-0.2, 0) is 11.2 Å². The van der Waals surface area contributed by atoms with Crippen molar-refractivity contribution in [3.63, 3.8) is 0 Å². The molecule has 3 unspecified atom stereocenters. The van der Waals surface area contributed by atoms with E-state index in [9.17, 15) is 4.79 Å². The molecule has 4 heteroatoms. The lowest BCUT2D eigenvalue weighted by Gasteiger charge is -2.46. The van der Waals surface area contributed by atoms with Gasteiger partial charge < -0.3 is 9.72 Å². The summed E-state index contributed by atoms with van der Waals surface area (Å²) in [6, 6.07) is 16.0. The molecule has 0 spiro atoms. The summed E-state index contributed by atoms with van der Waals surface area (Å²) in [6.07, 6.45) is 5.80. The van der Waals surface area contributed by atoms with Crippen molar-refractivity contribution in [1.82, 2.24) is 9.55 Å². The van der Waals surface area contributed by atoms with Gasteiger partial charge in [-0.25, -0.2) is 4.79 Å². The van der Waals surface area contributed by atoms with E-state index in [0.29, 0.717) is 11.5 Å². The Labute approximate surface area is 185 Å². The fourth-order valence-corrected chi connectivity index (χ4v) is 6.00. The molecule has 2 aromatic carbocycles. The lowest BCUT2D eigenvalue weighted by molar-refractivity contribution is -0.0557. The van der Waals surface area contributed by atoms with E-state index in [2.05, 4.69) is 38.7 Å². The van der Waals surface area contributed by atoms with E-state index in [-0.39, 0.29) is 5.69 Å². The van der Waals surface area contributed by atoms with Crippen molar-refractivity contribution in [1.29, 1.82) is 0 Å². The van der Waals surface area contributed by atoms with Gasteiger partial charge in [-0.05, 0) is 66.7 Å². The third-order valence-electron chi connectivity index (χ3n) is 7.28. The summed E-state index contributed by atoms with van der Waals surface area (Å²) >= 11 is 0. The molecule has 0 bridgehead atoms. The van der Waals surface area contributed by atoms with E-state index in [1.54, 1.807) is 4.57 Å². The fraction of sp³-hybridized carbons (Fsp3) is 0.519. The molecule has 1 N–H and O–H groups in total. The maximum Gasteiger partial charge on any atom is 0.331 e. The minimum Gasteiger partial charge on any atom is -0.378 e. The second kappa shape index (κ2) is 9.04. The number of rotatable bonds is 7. The number of aryl methyl sites for hydroxylation is 1. The molecule has 4 rings (SSSR count). The molecule has 1 aliphatic rings. The van der Waals surface area contributed by atoms with Gasteiger partial charge in [0.15, 0.2) is 0 Å². The van der Waals surface area contributed by atoms with Crippen molar-refractivity contribution in [3.05, 3.63) is 64.6 Å². The van der Waals surface area contributed by atoms with Crippen LogP contribution in [0.4, 0.5) is 0 Å². The Morgan fingerprint density at radius 1 is 1.13 bits per heavy atom. The van der Waals surface area contributed by atoms with Gasteiger partial charge in [-0.2, -0.15) is 0 Å². The second-order valence-electron chi connectivity index (χ2n) is 9.93. The monoisotopic (exact) mass is 420 g/mol. The molecule has 0 amide bonds. The van der Waals surface area contributed by atoms with E-state index < -0.39 is 0 Å². The molecule has 3 aromatic rings. The molecule has 0 radical (unpaired) electrons. The lowest BCUT2D eigenvalue weighted by Crippen LogP contribution is -2.40. The van der Waals surface area contributed by atoms with Gasteiger partial charge in [-0.15, -0.1) is 0 Å². The van der Waals surface area contributed by atoms with Crippen LogP contribution in [0.15, 0.2) is 53.3 Å². The highest BCUT2D eigenvalue weighted by molar-refractivity contribution is 5.80. The highest BCUT2D eigenvalue weighted by Gasteiger charge is 2.40. The van der Waals surface area contributed by atoms with E-state index in [0.717, 1.165) is 54.4 Å². The lowest BCUT2D eigenvalue weighted by atomic mass is 9.62. The van der Waals surface area contributed by atoms with Gasteiger partial charge in [0.05, 0.1) is 22.8 Å². The van der Waals surface area contributed by atoms with Gasteiger partial charge in [0.1, 0.15) is 0 Å². The Morgan fingerprint density at radius 2 is 1.90 bits per heavy atom. The molecule has 166 valence electrons. The average molecular weight is 421 g/mol. The predicted molar refractivity (Wildman–Crippen MR) is 128 cm³/mol. The number of aromatic amines is 1. The molecule has 1 aromatic heterocycles. The van der Waals surface area contributed by atoms with Crippen molar-refractivity contribution in [2.45, 2.75) is 65.9 Å². The van der Waals surface area contributed by atoms with Crippen molar-refractivity contribution in [2.24, 2.45) is 17.3 Å². The van der Waals surface area contributed by atoms with Crippen LogP contribution in [0.25, 0.3) is 16.7 Å². The summed E-state index contributed by atoms with van der Waals surface area (Å²) in [5, 5.41) is 0. The third-order valence-corrected chi connectivity index (χ3v) is 7.28. The van der Waals surface area contributed by atoms with Gasteiger partial charge >= 0.3 is 5.69 Å². The van der Waals surface area contributed by atoms with Crippen molar-refractivity contribution in [3.8, 4) is 5.69 Å². The van der Waals surface area contributed by atoms with Crippen molar-refractivity contribution < 1.29 is 4.74 Å². The van der Waals surface area contributed by atoms with Crippen LogP contribution >= 0.6 is 0 Å². The number of aromatic nitrogens is 2. The van der Waals surface area contributed by atoms with Crippen molar-refractivity contribution in [2.75, 3.05) is 6.61 Å². The Kier molecular flexibility index (Phi) is 6.38. The number of fused-ring (bicyclic) bond motifs is 1. The summed E-state index contributed by atoms with van der Waals surface area (Å²) in [5.74, 6) is 1.51. The van der Waals surface area contributed by atoms with Crippen LogP contribution in [0.3, 0.4) is 0 Å². The van der Waals surface area contributed by atoms with Crippen molar-refractivity contribution >= 4 is 11.0 Å². The number of nitrogens with zero attached hydrogens (tertiary/aromatic N) is 1. The zero-order valence-electron chi connectivity index (χ0n) is 19.4. The molecule has 1 aliphatic carbocycles. The molecule has 31 heavy (non-hydrogen) atoms. The summed E-state index contributed by atoms with van der Waals surface area (Å²) in [5.41, 5.74) is 4.20. The fourth-order valence-electron chi connectivity index (χ4n) is 6.00. The number of benzene rings is 2. The smallest absolute Gasteiger partial charge is 0.331 e. The molecular formula is C27H36N2O2. The Hall–Kier alpha value is -2.33. The van der Waals surface area contributed by atoms with Crippen LogP contribution < -0.4 is 5.69 Å². The normalized spacial score (nSPS) is 23.3. The Balaban J connectivity index is 1.41. The zero-order valence-corrected chi connectivity index (χ0v) is 19.4. The minimum atomic E-state index is -0.0891. The first-order valence-corrected chi connectivity index (χ1v) is 11.8. The number of para-hydroxylation sites is 2. The topological polar surface area (TPSA) is 47.0 Å². The van der Waals surface area contributed by atoms with E-state index >= 15 is 0 Å². The number of H-pyrrole nitrogens is 1. The highest BCUT2D eigenvalue weighted by atomic mass is 16.5. The summed E-state index contributed by atoms with van der Waals surface area (Å²) in [7, 11) is 0. The summed E-state index contributed by atoms with van der Waals surface area (Å²) < 4.78 is 8.09. The summed E-state index contributed by atoms with van der Waals surface area (Å²) in [4.78, 5) is 15.7. The highest BCUT2D eigenvalue weighted by Crippen LogP contribution is 2.46.